The van der Waals surface area contributed by atoms with E-state index >= 15 is 0 Å². The minimum absolute atomic E-state index is 0.0538. The summed E-state index contributed by atoms with van der Waals surface area (Å²) in [5.41, 5.74) is 0.267. The molecule has 236 valence electrons. The average Bonchev–Trinajstić information content (AvgIpc) is 3.43. The summed E-state index contributed by atoms with van der Waals surface area (Å²) in [6.07, 6.45) is -5.96. The van der Waals surface area contributed by atoms with Crippen molar-refractivity contribution in [1.82, 2.24) is 16.0 Å². The number of rotatable bonds is 14. The number of ether oxygens (including phenoxy) is 2. The van der Waals surface area contributed by atoms with Crippen molar-refractivity contribution in [2.45, 2.75) is 109 Å². The maximum atomic E-state index is 13.5. The Morgan fingerprint density at radius 1 is 1.02 bits per heavy atom. The van der Waals surface area contributed by atoms with Crippen molar-refractivity contribution in [2.75, 3.05) is 6.61 Å². The second kappa shape index (κ2) is 15.2. The van der Waals surface area contributed by atoms with Crippen LogP contribution in [0.25, 0.3) is 0 Å². The van der Waals surface area contributed by atoms with Crippen molar-refractivity contribution in [1.29, 1.82) is 0 Å². The van der Waals surface area contributed by atoms with Gasteiger partial charge in [-0.3, -0.25) is 14.4 Å². The molecule has 3 amide bonds. The SMILES string of the molecule is CC[C@H](C)[C@H](NC(=O)[C@H](Cc1ccc(OC(C)(C)C)cc1)NC(=O)[C@@H]1CCCO1)C(=O)N[C@@H](CCC(F)(F)F)C(=O)O. The van der Waals surface area contributed by atoms with Crippen molar-refractivity contribution in [3.05, 3.63) is 29.8 Å². The fourth-order valence-electron chi connectivity index (χ4n) is 4.32. The first-order chi connectivity index (χ1) is 19.5. The number of hydrogen-bond acceptors (Lipinski definition) is 6. The molecular formula is C29H42F3N3O7. The zero-order valence-electron chi connectivity index (χ0n) is 24.7. The van der Waals surface area contributed by atoms with Crippen LogP contribution in [0, 0.1) is 5.92 Å². The summed E-state index contributed by atoms with van der Waals surface area (Å²) in [5.74, 6) is -3.64. The molecule has 0 unspecified atom stereocenters. The first-order valence-corrected chi connectivity index (χ1v) is 14.1. The van der Waals surface area contributed by atoms with Gasteiger partial charge in [0, 0.05) is 19.4 Å². The molecule has 1 aromatic rings. The Hall–Kier alpha value is -3.35. The lowest BCUT2D eigenvalue weighted by molar-refractivity contribution is -0.148. The minimum atomic E-state index is -4.60. The number of halogens is 3. The number of alkyl halides is 3. The van der Waals surface area contributed by atoms with Gasteiger partial charge in [0.15, 0.2) is 0 Å². The van der Waals surface area contributed by atoms with Crippen molar-refractivity contribution < 1.29 is 46.9 Å². The fraction of sp³-hybridized carbons (Fsp3) is 0.655. The molecule has 0 spiro atoms. The van der Waals surface area contributed by atoms with E-state index in [1.54, 1.807) is 38.1 Å². The maximum Gasteiger partial charge on any atom is 0.389 e. The molecule has 1 aliphatic rings. The molecule has 2 rings (SSSR count). The van der Waals surface area contributed by atoms with Crippen molar-refractivity contribution >= 4 is 23.7 Å². The lowest BCUT2D eigenvalue weighted by atomic mass is 9.96. The van der Waals surface area contributed by atoms with E-state index in [1.807, 2.05) is 20.8 Å². The molecule has 0 aliphatic carbocycles. The highest BCUT2D eigenvalue weighted by atomic mass is 19.4. The molecule has 0 radical (unpaired) electrons. The Morgan fingerprint density at radius 2 is 1.67 bits per heavy atom. The molecule has 13 heteroatoms. The van der Waals surface area contributed by atoms with Gasteiger partial charge in [-0.15, -0.1) is 0 Å². The molecule has 42 heavy (non-hydrogen) atoms. The predicted molar refractivity (Wildman–Crippen MR) is 148 cm³/mol. The van der Waals surface area contributed by atoms with Gasteiger partial charge in [-0.05, 0) is 63.6 Å². The molecule has 0 bridgehead atoms. The van der Waals surface area contributed by atoms with E-state index in [2.05, 4.69) is 16.0 Å². The summed E-state index contributed by atoms with van der Waals surface area (Å²) in [6, 6.07) is 2.77. The standard InChI is InChI=1S/C29H42F3N3O7/c1-6-17(2)23(26(38)33-20(27(39)40)13-14-29(30,31)32)35-24(36)21(34-25(37)22-8-7-15-41-22)16-18-9-11-19(12-10-18)42-28(3,4)5/h9-12,17,20-23H,6-8,13-16H2,1-5H3,(H,33,38)(H,34,37)(H,35,36)(H,39,40)/t17-,20-,21-,22-,23-/m0/s1. The van der Waals surface area contributed by atoms with E-state index in [4.69, 9.17) is 9.47 Å². The lowest BCUT2D eigenvalue weighted by Crippen LogP contribution is -2.58. The smallest absolute Gasteiger partial charge is 0.389 e. The Labute approximate surface area is 244 Å². The number of carboxylic acid groups (broad SMARTS) is 1. The molecule has 1 fully saturated rings. The van der Waals surface area contributed by atoms with Crippen LogP contribution in [0.3, 0.4) is 0 Å². The number of amides is 3. The molecule has 5 atom stereocenters. The van der Waals surface area contributed by atoms with Crippen LogP contribution < -0.4 is 20.7 Å². The van der Waals surface area contributed by atoms with E-state index < -0.39 is 78.5 Å². The van der Waals surface area contributed by atoms with Gasteiger partial charge in [0.2, 0.25) is 17.7 Å². The number of nitrogens with one attached hydrogen (secondary N) is 3. The Bertz CT molecular complexity index is 1070. The molecular weight excluding hydrogens is 559 g/mol. The molecule has 1 aromatic carbocycles. The van der Waals surface area contributed by atoms with Gasteiger partial charge in [-0.1, -0.05) is 32.4 Å². The lowest BCUT2D eigenvalue weighted by Gasteiger charge is -2.28. The molecule has 0 saturated carbocycles. The first kappa shape index (κ1) is 34.8. The second-order valence-corrected chi connectivity index (χ2v) is 11.6. The molecule has 1 aliphatic heterocycles. The monoisotopic (exact) mass is 601 g/mol. The largest absolute Gasteiger partial charge is 0.488 e. The van der Waals surface area contributed by atoms with Crippen LogP contribution in [0.1, 0.15) is 72.3 Å². The van der Waals surface area contributed by atoms with Gasteiger partial charge in [-0.2, -0.15) is 13.2 Å². The van der Waals surface area contributed by atoms with Gasteiger partial charge < -0.3 is 30.5 Å². The summed E-state index contributed by atoms with van der Waals surface area (Å²) >= 11 is 0. The molecule has 1 saturated heterocycles. The van der Waals surface area contributed by atoms with Gasteiger partial charge in [0.05, 0.1) is 0 Å². The van der Waals surface area contributed by atoms with E-state index in [-0.39, 0.29) is 6.42 Å². The fourth-order valence-corrected chi connectivity index (χ4v) is 4.32. The number of carboxylic acids is 1. The molecule has 0 aromatic heterocycles. The highest BCUT2D eigenvalue weighted by Crippen LogP contribution is 2.23. The first-order valence-electron chi connectivity index (χ1n) is 14.1. The Kier molecular flexibility index (Phi) is 12.6. The summed E-state index contributed by atoms with van der Waals surface area (Å²) < 4.78 is 49.4. The molecule has 1 heterocycles. The van der Waals surface area contributed by atoms with E-state index in [9.17, 15) is 37.5 Å². The van der Waals surface area contributed by atoms with Crippen LogP contribution in [0.4, 0.5) is 13.2 Å². The van der Waals surface area contributed by atoms with Crippen LogP contribution in [0.5, 0.6) is 5.75 Å². The van der Waals surface area contributed by atoms with Crippen LogP contribution in [-0.4, -0.2) is 71.4 Å². The third-order valence-electron chi connectivity index (χ3n) is 6.77. The van der Waals surface area contributed by atoms with E-state index in [0.29, 0.717) is 37.2 Å². The van der Waals surface area contributed by atoms with Gasteiger partial charge in [0.1, 0.15) is 35.6 Å². The Balaban J connectivity index is 2.24. The predicted octanol–water partition coefficient (Wildman–Crippen LogP) is 3.51. The number of aliphatic carboxylic acids is 1. The van der Waals surface area contributed by atoms with Crippen molar-refractivity contribution in [3.8, 4) is 5.75 Å². The number of carbonyl (C=O) groups excluding carboxylic acids is 3. The van der Waals surface area contributed by atoms with Crippen LogP contribution in [0.2, 0.25) is 0 Å². The normalized spacial score (nSPS) is 18.3. The van der Waals surface area contributed by atoms with E-state index in [1.165, 1.54) is 0 Å². The molecule has 10 nitrogen and oxygen atoms in total. The highest BCUT2D eigenvalue weighted by Gasteiger charge is 2.35. The van der Waals surface area contributed by atoms with Gasteiger partial charge in [-0.25, -0.2) is 4.79 Å². The number of hydrogen-bond donors (Lipinski definition) is 4. The van der Waals surface area contributed by atoms with Crippen LogP contribution >= 0.6 is 0 Å². The third-order valence-corrected chi connectivity index (χ3v) is 6.77. The maximum absolute atomic E-state index is 13.5. The van der Waals surface area contributed by atoms with Gasteiger partial charge >= 0.3 is 12.1 Å². The average molecular weight is 602 g/mol. The zero-order chi connectivity index (χ0) is 31.7. The topological polar surface area (TPSA) is 143 Å². The second-order valence-electron chi connectivity index (χ2n) is 11.6. The Morgan fingerprint density at radius 3 is 2.17 bits per heavy atom. The van der Waals surface area contributed by atoms with E-state index in [0.717, 1.165) is 0 Å². The minimum Gasteiger partial charge on any atom is -0.488 e. The summed E-state index contributed by atoms with van der Waals surface area (Å²) in [7, 11) is 0. The third kappa shape index (κ3) is 11.9. The molecule has 4 N–H and O–H groups in total. The van der Waals surface area contributed by atoms with Crippen LogP contribution in [-0.2, 0) is 30.3 Å². The summed E-state index contributed by atoms with van der Waals surface area (Å²) in [5, 5.41) is 16.8. The summed E-state index contributed by atoms with van der Waals surface area (Å²) in [6.45, 7) is 9.51. The zero-order valence-corrected chi connectivity index (χ0v) is 24.7. The van der Waals surface area contributed by atoms with Crippen molar-refractivity contribution in [2.24, 2.45) is 5.92 Å². The quantitative estimate of drug-likeness (QED) is 0.256. The highest BCUT2D eigenvalue weighted by molar-refractivity contribution is 5.94. The van der Waals surface area contributed by atoms with Gasteiger partial charge in [0.25, 0.3) is 0 Å². The number of benzene rings is 1. The van der Waals surface area contributed by atoms with Crippen molar-refractivity contribution in [3.63, 3.8) is 0 Å². The van der Waals surface area contributed by atoms with Crippen LogP contribution in [0.15, 0.2) is 24.3 Å². The number of carbonyl (C=O) groups is 4. The summed E-state index contributed by atoms with van der Waals surface area (Å²) in [4.78, 5) is 51.0.